The zero-order chi connectivity index (χ0) is 11.6. The van der Waals surface area contributed by atoms with E-state index in [9.17, 15) is 0 Å². The van der Waals surface area contributed by atoms with Crippen LogP contribution in [0.3, 0.4) is 0 Å². The summed E-state index contributed by atoms with van der Waals surface area (Å²) in [7, 11) is 0. The van der Waals surface area contributed by atoms with Gasteiger partial charge in [-0.3, -0.25) is 0 Å². The number of aliphatic hydroxyl groups is 1. The van der Waals surface area contributed by atoms with Gasteiger partial charge in [-0.25, -0.2) is 0 Å². The zero-order valence-corrected chi connectivity index (χ0v) is 11.2. The summed E-state index contributed by atoms with van der Waals surface area (Å²) in [4.78, 5) is 0. The van der Waals surface area contributed by atoms with Gasteiger partial charge in [0.15, 0.2) is 0 Å². The summed E-state index contributed by atoms with van der Waals surface area (Å²) in [5, 5.41) is 12.0. The van der Waals surface area contributed by atoms with E-state index in [4.69, 9.17) is 5.11 Å². The third kappa shape index (κ3) is 6.26. The van der Waals surface area contributed by atoms with Crippen molar-refractivity contribution >= 4 is 15.9 Å². The monoisotopic (exact) mass is 285 g/mol. The van der Waals surface area contributed by atoms with Crippen molar-refractivity contribution in [1.29, 1.82) is 0 Å². The van der Waals surface area contributed by atoms with Gasteiger partial charge < -0.3 is 10.4 Å². The molecule has 1 rings (SSSR count). The van der Waals surface area contributed by atoms with Crippen molar-refractivity contribution in [2.75, 3.05) is 13.2 Å². The van der Waals surface area contributed by atoms with Gasteiger partial charge in [-0.1, -0.05) is 40.9 Å². The van der Waals surface area contributed by atoms with Crippen molar-refractivity contribution in [3.8, 4) is 0 Å². The van der Waals surface area contributed by atoms with Crippen LogP contribution >= 0.6 is 15.9 Å². The minimum absolute atomic E-state index is 0.325. The van der Waals surface area contributed by atoms with Crippen molar-refractivity contribution in [1.82, 2.24) is 5.32 Å². The van der Waals surface area contributed by atoms with Gasteiger partial charge in [-0.2, -0.15) is 0 Å². The van der Waals surface area contributed by atoms with Crippen molar-refractivity contribution in [3.63, 3.8) is 0 Å². The summed E-state index contributed by atoms with van der Waals surface area (Å²) < 4.78 is 1.13. The lowest BCUT2D eigenvalue weighted by molar-refractivity contribution is 0.282. The van der Waals surface area contributed by atoms with Gasteiger partial charge in [0.05, 0.1) is 0 Å². The Bertz CT molecular complexity index is 291. The Morgan fingerprint density at radius 3 is 2.69 bits per heavy atom. The number of hydrogen-bond donors (Lipinski definition) is 2. The van der Waals surface area contributed by atoms with Gasteiger partial charge in [0.1, 0.15) is 0 Å². The Morgan fingerprint density at radius 1 is 1.12 bits per heavy atom. The molecule has 1 aromatic rings. The highest BCUT2D eigenvalue weighted by molar-refractivity contribution is 9.10. The second kappa shape index (κ2) is 8.74. The van der Waals surface area contributed by atoms with Crippen LogP contribution in [0.4, 0.5) is 0 Å². The first-order valence-corrected chi connectivity index (χ1v) is 6.68. The van der Waals surface area contributed by atoms with E-state index in [0.29, 0.717) is 6.61 Å². The highest BCUT2D eigenvalue weighted by Gasteiger charge is 1.93. The van der Waals surface area contributed by atoms with Crippen LogP contribution in [0.2, 0.25) is 0 Å². The lowest BCUT2D eigenvalue weighted by Crippen LogP contribution is -2.14. The molecule has 0 unspecified atom stereocenters. The van der Waals surface area contributed by atoms with Crippen molar-refractivity contribution in [2.45, 2.75) is 32.2 Å². The first-order chi connectivity index (χ1) is 7.83. The topological polar surface area (TPSA) is 32.3 Å². The minimum Gasteiger partial charge on any atom is -0.396 e. The van der Waals surface area contributed by atoms with E-state index < -0.39 is 0 Å². The molecule has 0 atom stereocenters. The fourth-order valence-electron chi connectivity index (χ4n) is 1.60. The van der Waals surface area contributed by atoms with Crippen LogP contribution in [0, 0.1) is 0 Å². The van der Waals surface area contributed by atoms with E-state index in [2.05, 4.69) is 39.4 Å². The summed E-state index contributed by atoms with van der Waals surface area (Å²) >= 11 is 3.46. The Hall–Kier alpha value is -0.380. The Labute approximate surface area is 106 Å². The molecule has 0 amide bonds. The summed E-state index contributed by atoms with van der Waals surface area (Å²) in [5.74, 6) is 0. The van der Waals surface area contributed by atoms with E-state index in [-0.39, 0.29) is 0 Å². The number of hydrogen-bond acceptors (Lipinski definition) is 2. The summed E-state index contributed by atoms with van der Waals surface area (Å²) in [5.41, 5.74) is 1.31. The van der Waals surface area contributed by atoms with Gasteiger partial charge in [0, 0.05) is 17.6 Å². The first-order valence-electron chi connectivity index (χ1n) is 5.89. The number of rotatable bonds is 8. The maximum absolute atomic E-state index is 8.62. The lowest BCUT2D eigenvalue weighted by atomic mass is 10.2. The van der Waals surface area contributed by atoms with E-state index in [0.717, 1.165) is 30.4 Å². The summed E-state index contributed by atoms with van der Waals surface area (Å²) in [6.45, 7) is 2.31. The fraction of sp³-hybridized carbons (Fsp3) is 0.538. The maximum Gasteiger partial charge on any atom is 0.0431 e. The van der Waals surface area contributed by atoms with Crippen LogP contribution in [0.25, 0.3) is 0 Å². The highest BCUT2D eigenvalue weighted by Crippen LogP contribution is 2.11. The second-order valence-corrected chi connectivity index (χ2v) is 4.86. The SMILES string of the molecule is OCCCCCCNCc1cccc(Br)c1. The predicted molar refractivity (Wildman–Crippen MR) is 71.4 cm³/mol. The number of aliphatic hydroxyl groups excluding tert-OH is 1. The van der Waals surface area contributed by atoms with Gasteiger partial charge >= 0.3 is 0 Å². The van der Waals surface area contributed by atoms with Crippen LogP contribution in [-0.2, 0) is 6.54 Å². The largest absolute Gasteiger partial charge is 0.396 e. The maximum atomic E-state index is 8.62. The van der Waals surface area contributed by atoms with Crippen LogP contribution < -0.4 is 5.32 Å². The first kappa shape index (κ1) is 13.7. The Kier molecular flexibility index (Phi) is 7.47. The van der Waals surface area contributed by atoms with E-state index >= 15 is 0 Å². The molecular formula is C13H20BrNO. The standard InChI is InChI=1S/C13H20BrNO/c14-13-7-5-6-12(10-13)11-15-8-3-1-2-4-9-16/h5-7,10,15-16H,1-4,8-9,11H2. The molecule has 0 saturated carbocycles. The van der Waals surface area contributed by atoms with Crippen LogP contribution in [-0.4, -0.2) is 18.3 Å². The molecule has 16 heavy (non-hydrogen) atoms. The highest BCUT2D eigenvalue weighted by atomic mass is 79.9. The van der Waals surface area contributed by atoms with Crippen LogP contribution in [0.15, 0.2) is 28.7 Å². The molecule has 3 heteroatoms. The molecule has 0 saturated heterocycles. The minimum atomic E-state index is 0.325. The lowest BCUT2D eigenvalue weighted by Gasteiger charge is -2.05. The number of halogens is 1. The quantitative estimate of drug-likeness (QED) is 0.720. The van der Waals surface area contributed by atoms with E-state index in [1.54, 1.807) is 0 Å². The molecule has 0 aliphatic carbocycles. The molecule has 0 aromatic heterocycles. The molecular weight excluding hydrogens is 266 g/mol. The molecule has 1 aromatic carbocycles. The number of nitrogens with one attached hydrogen (secondary N) is 1. The third-order valence-electron chi connectivity index (χ3n) is 2.48. The average molecular weight is 286 g/mol. The smallest absolute Gasteiger partial charge is 0.0431 e. The van der Waals surface area contributed by atoms with Crippen molar-refractivity contribution in [2.24, 2.45) is 0 Å². The average Bonchev–Trinajstić information content (AvgIpc) is 2.28. The van der Waals surface area contributed by atoms with Gasteiger partial charge in [-0.05, 0) is 37.1 Å². The molecule has 0 radical (unpaired) electrons. The van der Waals surface area contributed by atoms with Crippen LogP contribution in [0.5, 0.6) is 0 Å². The summed E-state index contributed by atoms with van der Waals surface area (Å²) in [6, 6.07) is 8.36. The molecule has 90 valence electrons. The Balaban J connectivity index is 2.03. The third-order valence-corrected chi connectivity index (χ3v) is 2.97. The fourth-order valence-corrected chi connectivity index (χ4v) is 2.04. The Morgan fingerprint density at radius 2 is 1.94 bits per heavy atom. The van der Waals surface area contributed by atoms with E-state index in [1.165, 1.54) is 18.4 Å². The molecule has 0 fully saturated rings. The molecule has 2 N–H and O–H groups in total. The molecule has 0 bridgehead atoms. The molecule has 0 heterocycles. The van der Waals surface area contributed by atoms with Crippen molar-refractivity contribution in [3.05, 3.63) is 34.3 Å². The molecule has 0 aliphatic heterocycles. The molecule has 0 spiro atoms. The number of unbranched alkanes of at least 4 members (excludes halogenated alkanes) is 3. The predicted octanol–water partition coefficient (Wildman–Crippen LogP) is 3.09. The van der Waals surface area contributed by atoms with Gasteiger partial charge in [0.25, 0.3) is 0 Å². The zero-order valence-electron chi connectivity index (χ0n) is 9.58. The molecule has 0 aliphatic rings. The normalized spacial score (nSPS) is 10.6. The molecule has 2 nitrogen and oxygen atoms in total. The van der Waals surface area contributed by atoms with Gasteiger partial charge in [0.2, 0.25) is 0 Å². The summed E-state index contributed by atoms with van der Waals surface area (Å²) in [6.07, 6.45) is 4.46. The second-order valence-electron chi connectivity index (χ2n) is 3.94. The van der Waals surface area contributed by atoms with Crippen LogP contribution in [0.1, 0.15) is 31.2 Å². The van der Waals surface area contributed by atoms with Gasteiger partial charge in [-0.15, -0.1) is 0 Å². The number of benzene rings is 1. The van der Waals surface area contributed by atoms with Crippen molar-refractivity contribution < 1.29 is 5.11 Å². The van der Waals surface area contributed by atoms with E-state index in [1.807, 2.05) is 6.07 Å².